The molecule has 244 valence electrons. The predicted molar refractivity (Wildman–Crippen MR) is 159 cm³/mol. The number of esters is 4. The van der Waals surface area contributed by atoms with E-state index in [1.165, 1.54) is 41.4 Å². The van der Waals surface area contributed by atoms with E-state index in [2.05, 4.69) is 0 Å². The van der Waals surface area contributed by atoms with Gasteiger partial charge in [-0.3, -0.25) is 14.4 Å². The van der Waals surface area contributed by atoms with Gasteiger partial charge in [0.2, 0.25) is 0 Å². The van der Waals surface area contributed by atoms with Gasteiger partial charge in [0.15, 0.2) is 17.8 Å². The molecule has 2 aromatic rings. The van der Waals surface area contributed by atoms with Crippen molar-refractivity contribution in [3.05, 3.63) is 65.4 Å². The topological polar surface area (TPSA) is 142 Å². The van der Waals surface area contributed by atoms with Crippen LogP contribution in [0, 0.1) is 11.8 Å². The molecular weight excluding hydrogens is 588 g/mol. The van der Waals surface area contributed by atoms with Gasteiger partial charge in [0.25, 0.3) is 0 Å². The molecule has 0 saturated heterocycles. The van der Waals surface area contributed by atoms with Crippen LogP contribution in [0.5, 0.6) is 17.2 Å². The predicted octanol–water partition coefficient (Wildman–Crippen LogP) is 4.31. The van der Waals surface area contributed by atoms with Gasteiger partial charge in [-0.2, -0.15) is 0 Å². The fraction of sp³-hybridized carbons (Fsp3) is 0.455. The maximum atomic E-state index is 13.1. The highest BCUT2D eigenvalue weighted by molar-refractivity contribution is 5.90. The zero-order chi connectivity index (χ0) is 32.9. The third-order valence-corrected chi connectivity index (χ3v) is 7.18. The van der Waals surface area contributed by atoms with E-state index < -0.39 is 42.1 Å². The second-order valence-electron chi connectivity index (χ2n) is 10.3. The van der Waals surface area contributed by atoms with Crippen molar-refractivity contribution in [2.24, 2.45) is 11.8 Å². The highest BCUT2D eigenvalue weighted by Gasteiger charge is 2.44. The van der Waals surface area contributed by atoms with Crippen LogP contribution in [0.15, 0.2) is 54.3 Å². The summed E-state index contributed by atoms with van der Waals surface area (Å²) >= 11 is 0. The summed E-state index contributed by atoms with van der Waals surface area (Å²) in [7, 11) is 4.24. The molecule has 0 N–H and O–H groups in total. The lowest BCUT2D eigenvalue weighted by atomic mass is 9.78. The van der Waals surface area contributed by atoms with Gasteiger partial charge < -0.3 is 37.9 Å². The number of rotatable bonds is 15. The number of hydrogen-bond donors (Lipinski definition) is 0. The first-order chi connectivity index (χ1) is 21.6. The molecule has 0 bridgehead atoms. The van der Waals surface area contributed by atoms with Crippen LogP contribution in [0.2, 0.25) is 0 Å². The first kappa shape index (κ1) is 35.1. The summed E-state index contributed by atoms with van der Waals surface area (Å²) < 4.78 is 43.3. The summed E-state index contributed by atoms with van der Waals surface area (Å²) in [6.45, 7) is 4.73. The number of carbonyl (C=O) groups excluding carboxylic acids is 4. The van der Waals surface area contributed by atoms with Crippen LogP contribution in [0.3, 0.4) is 0 Å². The van der Waals surface area contributed by atoms with Gasteiger partial charge in [0, 0.05) is 46.8 Å². The van der Waals surface area contributed by atoms with Crippen molar-refractivity contribution in [2.75, 3.05) is 34.5 Å². The van der Waals surface area contributed by atoms with Crippen molar-refractivity contribution in [2.45, 2.75) is 52.4 Å². The fourth-order valence-electron chi connectivity index (χ4n) is 4.96. The molecule has 1 aliphatic heterocycles. The zero-order valence-corrected chi connectivity index (χ0v) is 26.4. The Kier molecular flexibility index (Phi) is 13.4. The van der Waals surface area contributed by atoms with Gasteiger partial charge in [-0.05, 0) is 42.3 Å². The number of carbonyl (C=O) groups is 4. The van der Waals surface area contributed by atoms with E-state index in [0.29, 0.717) is 24.3 Å². The molecule has 0 aromatic heterocycles. The van der Waals surface area contributed by atoms with Crippen molar-refractivity contribution < 1.29 is 57.1 Å². The first-order valence-electron chi connectivity index (χ1n) is 14.4. The largest absolute Gasteiger partial charge is 0.497 e. The molecule has 0 amide bonds. The molecule has 0 radical (unpaired) electrons. The van der Waals surface area contributed by atoms with Crippen molar-refractivity contribution in [3.8, 4) is 17.2 Å². The Bertz CT molecular complexity index is 1350. The molecule has 1 aliphatic rings. The molecule has 0 aliphatic carbocycles. The zero-order valence-electron chi connectivity index (χ0n) is 26.4. The second-order valence-corrected chi connectivity index (χ2v) is 10.3. The van der Waals surface area contributed by atoms with Crippen LogP contribution in [-0.2, 0) is 60.4 Å². The van der Waals surface area contributed by atoms with Gasteiger partial charge in [-0.25, -0.2) is 4.79 Å². The lowest BCUT2D eigenvalue weighted by Gasteiger charge is -2.38. The van der Waals surface area contributed by atoms with Crippen LogP contribution in [-0.4, -0.2) is 70.8 Å². The number of hydrogen-bond acceptors (Lipinski definition) is 12. The Hall–Kier alpha value is -4.42. The van der Waals surface area contributed by atoms with Crippen molar-refractivity contribution in [1.82, 2.24) is 0 Å². The molecule has 1 heterocycles. The van der Waals surface area contributed by atoms with E-state index in [1.807, 2.05) is 19.1 Å². The number of methoxy groups -OCH3 is 3. The molecule has 0 fully saturated rings. The summed E-state index contributed by atoms with van der Waals surface area (Å²) in [6.07, 6.45) is 1.01. The van der Waals surface area contributed by atoms with Crippen LogP contribution < -0.4 is 9.47 Å². The minimum atomic E-state index is -0.722. The van der Waals surface area contributed by atoms with Crippen LogP contribution in [0.1, 0.15) is 38.3 Å². The Morgan fingerprint density at radius 2 is 1.47 bits per heavy atom. The molecule has 12 heteroatoms. The maximum absolute atomic E-state index is 13.1. The third kappa shape index (κ3) is 10.3. The van der Waals surface area contributed by atoms with Gasteiger partial charge in [0.05, 0.1) is 44.5 Å². The standard InChI is InChI=1S/C33H40O12/c1-20-31(33(39-5)40-6)26(18-30(36)38-4)27(19-43-20)32(37)42-16-13-23-7-10-25(11-8-23)45-29-17-24(14-15-41-21(2)34)9-12-28(29)44-22(3)35/h7-12,17,19-20,26,31,33H,13-16,18H2,1-6H3/t20?,26-,31?/m1/s1. The summed E-state index contributed by atoms with van der Waals surface area (Å²) in [4.78, 5) is 48.0. The fourth-order valence-corrected chi connectivity index (χ4v) is 4.96. The molecule has 2 aromatic carbocycles. The van der Waals surface area contributed by atoms with Crippen LogP contribution in [0.4, 0.5) is 0 Å². The van der Waals surface area contributed by atoms with E-state index in [1.54, 1.807) is 30.3 Å². The average molecular weight is 629 g/mol. The lowest BCUT2D eigenvalue weighted by molar-refractivity contribution is -0.180. The second kappa shape index (κ2) is 17.2. The molecule has 3 atom stereocenters. The minimum Gasteiger partial charge on any atom is -0.497 e. The third-order valence-electron chi connectivity index (χ3n) is 7.18. The number of ether oxygens (including phenoxy) is 8. The van der Waals surface area contributed by atoms with Crippen LogP contribution >= 0.6 is 0 Å². The monoisotopic (exact) mass is 628 g/mol. The Morgan fingerprint density at radius 3 is 2.09 bits per heavy atom. The number of benzene rings is 2. The average Bonchev–Trinajstić information content (AvgIpc) is 3.00. The molecule has 0 spiro atoms. The molecule has 0 saturated carbocycles. The summed E-state index contributed by atoms with van der Waals surface area (Å²) in [5.41, 5.74) is 1.90. The van der Waals surface area contributed by atoms with Crippen molar-refractivity contribution >= 4 is 23.9 Å². The smallest absolute Gasteiger partial charge is 0.337 e. The van der Waals surface area contributed by atoms with E-state index in [0.717, 1.165) is 11.1 Å². The van der Waals surface area contributed by atoms with E-state index in [9.17, 15) is 19.2 Å². The molecule has 2 unspecified atom stereocenters. The molecule has 12 nitrogen and oxygen atoms in total. The SMILES string of the molecule is COC(=O)C[C@@H]1C(C(=O)OCCc2ccc(Oc3cc(CCOC(C)=O)ccc3OC(C)=O)cc2)=COC(C)C1C(OC)OC. The summed E-state index contributed by atoms with van der Waals surface area (Å²) in [6, 6.07) is 12.2. The lowest BCUT2D eigenvalue weighted by Crippen LogP contribution is -2.44. The normalized spacial score (nSPS) is 17.5. The first-order valence-corrected chi connectivity index (χ1v) is 14.4. The van der Waals surface area contributed by atoms with Crippen molar-refractivity contribution in [3.63, 3.8) is 0 Å². The minimum absolute atomic E-state index is 0.0699. The Morgan fingerprint density at radius 1 is 0.822 bits per heavy atom. The molecular formula is C33H40O12. The van der Waals surface area contributed by atoms with Gasteiger partial charge in [-0.1, -0.05) is 18.2 Å². The molecule has 3 rings (SSSR count). The quantitative estimate of drug-likeness (QED) is 0.120. The van der Waals surface area contributed by atoms with Crippen LogP contribution in [0.25, 0.3) is 0 Å². The maximum Gasteiger partial charge on any atom is 0.337 e. The van der Waals surface area contributed by atoms with Gasteiger partial charge in [0.1, 0.15) is 11.9 Å². The summed E-state index contributed by atoms with van der Waals surface area (Å²) in [5.74, 6) is -1.96. The Balaban J connectivity index is 1.64. The summed E-state index contributed by atoms with van der Waals surface area (Å²) in [5, 5.41) is 0. The van der Waals surface area contributed by atoms with Gasteiger partial charge >= 0.3 is 23.9 Å². The highest BCUT2D eigenvalue weighted by Crippen LogP contribution is 2.38. The highest BCUT2D eigenvalue weighted by atomic mass is 16.7. The molecule has 45 heavy (non-hydrogen) atoms. The van der Waals surface area contributed by atoms with E-state index in [-0.39, 0.29) is 36.9 Å². The van der Waals surface area contributed by atoms with E-state index in [4.69, 9.17) is 37.9 Å². The Labute approximate surface area is 262 Å². The van der Waals surface area contributed by atoms with Crippen molar-refractivity contribution in [1.29, 1.82) is 0 Å². The van der Waals surface area contributed by atoms with E-state index >= 15 is 0 Å². The van der Waals surface area contributed by atoms with Gasteiger partial charge in [-0.15, -0.1) is 0 Å².